The zero-order valence-electron chi connectivity index (χ0n) is 27.5. The third-order valence-corrected chi connectivity index (χ3v) is 8.70. The third kappa shape index (κ3) is 12.2. The molecule has 2 aromatic carbocycles. The minimum atomic E-state index is -1.19. The normalized spacial score (nSPS) is 21.1. The van der Waals surface area contributed by atoms with Crippen LogP contribution in [0.15, 0.2) is 54.6 Å². The summed E-state index contributed by atoms with van der Waals surface area (Å²) in [7, 11) is 0. The molecule has 1 aliphatic rings. The summed E-state index contributed by atoms with van der Waals surface area (Å²) >= 11 is 0. The van der Waals surface area contributed by atoms with Gasteiger partial charge in [0.05, 0.1) is 12.7 Å². The van der Waals surface area contributed by atoms with Crippen molar-refractivity contribution in [2.24, 2.45) is 5.92 Å². The second-order valence-electron chi connectivity index (χ2n) is 12.4. The first-order valence-electron chi connectivity index (χ1n) is 17.0. The van der Waals surface area contributed by atoms with Crippen molar-refractivity contribution in [1.29, 1.82) is 0 Å². The molecule has 2 aromatic rings. The molecule has 3 rings (SSSR count). The summed E-state index contributed by atoms with van der Waals surface area (Å²) in [6.07, 6.45) is 5.14. The molecule has 0 bridgehead atoms. The van der Waals surface area contributed by atoms with Crippen LogP contribution in [0, 0.1) is 5.92 Å². The number of ketones is 2. The molecule has 5 atom stereocenters. The number of unbranched alkanes of at least 4 members (excludes halogenated alkanes) is 6. The summed E-state index contributed by atoms with van der Waals surface area (Å²) in [5.41, 5.74) is 1.59. The molecule has 9 nitrogen and oxygen atoms in total. The van der Waals surface area contributed by atoms with Crippen LogP contribution in [0.3, 0.4) is 0 Å². The Morgan fingerprint density at radius 2 is 1.48 bits per heavy atom. The van der Waals surface area contributed by atoms with E-state index in [2.05, 4.69) is 6.92 Å². The SMILES string of the molecule is CCCCCC(=O)N(CCCCCCCC(=O)c1ccccc1)CCC(=O)Cc1ccc(OC2OC(CO)C(O)C(O)C2C)cc1. The van der Waals surface area contributed by atoms with Crippen LogP contribution in [0.25, 0.3) is 0 Å². The first-order valence-corrected chi connectivity index (χ1v) is 17.0. The van der Waals surface area contributed by atoms with Crippen LogP contribution in [0.4, 0.5) is 0 Å². The summed E-state index contributed by atoms with van der Waals surface area (Å²) in [4.78, 5) is 40.0. The van der Waals surface area contributed by atoms with Crippen molar-refractivity contribution in [2.75, 3.05) is 19.7 Å². The number of aliphatic hydroxyl groups excluding tert-OH is 3. The van der Waals surface area contributed by atoms with Gasteiger partial charge in [0.1, 0.15) is 23.7 Å². The minimum Gasteiger partial charge on any atom is -0.465 e. The fourth-order valence-electron chi connectivity index (χ4n) is 5.68. The number of rotatable bonds is 21. The Labute approximate surface area is 273 Å². The van der Waals surface area contributed by atoms with Crippen molar-refractivity contribution >= 4 is 17.5 Å². The average Bonchev–Trinajstić information content (AvgIpc) is 3.07. The van der Waals surface area contributed by atoms with Gasteiger partial charge < -0.3 is 29.7 Å². The maximum atomic E-state index is 13.0. The van der Waals surface area contributed by atoms with E-state index >= 15 is 0 Å². The predicted octanol–water partition coefficient (Wildman–Crippen LogP) is 5.27. The number of carbonyl (C=O) groups excluding carboxylic acids is 3. The fraction of sp³-hybridized carbons (Fsp3) is 0.595. The molecular formula is C37H53NO8. The van der Waals surface area contributed by atoms with Gasteiger partial charge in [0.25, 0.3) is 0 Å². The summed E-state index contributed by atoms with van der Waals surface area (Å²) in [5, 5.41) is 29.7. The largest absolute Gasteiger partial charge is 0.465 e. The van der Waals surface area contributed by atoms with E-state index in [1.807, 2.05) is 35.2 Å². The lowest BCUT2D eigenvalue weighted by Crippen LogP contribution is -2.56. The number of aliphatic hydroxyl groups is 3. The lowest BCUT2D eigenvalue weighted by Gasteiger charge is -2.40. The molecule has 254 valence electrons. The molecule has 0 aliphatic carbocycles. The van der Waals surface area contributed by atoms with Crippen LogP contribution in [-0.4, -0.2) is 82.0 Å². The number of ether oxygens (including phenoxy) is 2. The van der Waals surface area contributed by atoms with Crippen molar-refractivity contribution < 1.29 is 39.2 Å². The Kier molecular flexibility index (Phi) is 16.4. The quantitative estimate of drug-likeness (QED) is 0.124. The van der Waals surface area contributed by atoms with E-state index in [0.29, 0.717) is 31.7 Å². The van der Waals surface area contributed by atoms with Gasteiger partial charge in [-0.15, -0.1) is 0 Å². The van der Waals surface area contributed by atoms with E-state index in [1.165, 1.54) is 0 Å². The fourth-order valence-corrected chi connectivity index (χ4v) is 5.68. The van der Waals surface area contributed by atoms with Crippen molar-refractivity contribution in [3.63, 3.8) is 0 Å². The van der Waals surface area contributed by atoms with Gasteiger partial charge in [-0.3, -0.25) is 14.4 Å². The number of amides is 1. The van der Waals surface area contributed by atoms with Gasteiger partial charge in [-0.05, 0) is 37.0 Å². The van der Waals surface area contributed by atoms with Gasteiger partial charge >= 0.3 is 0 Å². The lowest BCUT2D eigenvalue weighted by molar-refractivity contribution is -0.256. The van der Waals surface area contributed by atoms with Gasteiger partial charge in [-0.2, -0.15) is 0 Å². The lowest BCUT2D eigenvalue weighted by atomic mass is 9.92. The molecule has 1 amide bonds. The van der Waals surface area contributed by atoms with E-state index < -0.39 is 37.1 Å². The smallest absolute Gasteiger partial charge is 0.222 e. The van der Waals surface area contributed by atoms with E-state index in [4.69, 9.17) is 9.47 Å². The summed E-state index contributed by atoms with van der Waals surface area (Å²) in [6, 6.07) is 16.4. The van der Waals surface area contributed by atoms with Gasteiger partial charge in [-0.1, -0.05) is 88.4 Å². The molecule has 5 unspecified atom stereocenters. The Hall–Kier alpha value is -3.11. The van der Waals surface area contributed by atoms with E-state index in [0.717, 1.165) is 62.5 Å². The maximum Gasteiger partial charge on any atom is 0.222 e. The number of carbonyl (C=O) groups is 3. The second kappa shape index (κ2) is 20.2. The zero-order valence-corrected chi connectivity index (χ0v) is 27.5. The summed E-state index contributed by atoms with van der Waals surface area (Å²) < 4.78 is 11.5. The number of hydrogen-bond donors (Lipinski definition) is 3. The maximum absolute atomic E-state index is 13.0. The molecule has 1 heterocycles. The Balaban J connectivity index is 1.41. The van der Waals surface area contributed by atoms with Crippen LogP contribution in [0.1, 0.15) is 100 Å². The average molecular weight is 640 g/mol. The van der Waals surface area contributed by atoms with Crippen LogP contribution in [0.2, 0.25) is 0 Å². The molecule has 0 aromatic heterocycles. The number of hydrogen-bond acceptors (Lipinski definition) is 8. The number of benzene rings is 2. The van der Waals surface area contributed by atoms with Crippen molar-refractivity contribution in [2.45, 2.75) is 115 Å². The van der Waals surface area contributed by atoms with E-state index in [9.17, 15) is 29.7 Å². The summed E-state index contributed by atoms with van der Waals surface area (Å²) in [5.74, 6) is 0.315. The first kappa shape index (κ1) is 37.3. The van der Waals surface area contributed by atoms with E-state index in [1.54, 1.807) is 31.2 Å². The number of nitrogens with zero attached hydrogens (tertiary/aromatic N) is 1. The Bertz CT molecular complexity index is 1190. The molecule has 0 radical (unpaired) electrons. The minimum absolute atomic E-state index is 0.0512. The van der Waals surface area contributed by atoms with Crippen LogP contribution >= 0.6 is 0 Å². The molecule has 0 saturated carbocycles. The topological polar surface area (TPSA) is 134 Å². The molecule has 1 saturated heterocycles. The van der Waals surface area contributed by atoms with Crippen LogP contribution < -0.4 is 4.74 Å². The molecule has 1 fully saturated rings. The highest BCUT2D eigenvalue weighted by molar-refractivity contribution is 5.95. The highest BCUT2D eigenvalue weighted by Crippen LogP contribution is 2.28. The summed E-state index contributed by atoms with van der Waals surface area (Å²) in [6.45, 7) is 4.42. The monoisotopic (exact) mass is 639 g/mol. The molecule has 9 heteroatoms. The van der Waals surface area contributed by atoms with Crippen LogP contribution in [0.5, 0.6) is 5.75 Å². The zero-order chi connectivity index (χ0) is 33.3. The third-order valence-electron chi connectivity index (χ3n) is 8.70. The van der Waals surface area contributed by atoms with Gasteiger partial charge in [0.15, 0.2) is 5.78 Å². The van der Waals surface area contributed by atoms with Crippen molar-refractivity contribution in [3.05, 3.63) is 65.7 Å². The van der Waals surface area contributed by atoms with Gasteiger partial charge in [0.2, 0.25) is 12.2 Å². The molecule has 0 spiro atoms. The number of Topliss-reactive ketones (excluding diaryl/α,β-unsaturated/α-hetero) is 2. The molecule has 1 aliphatic heterocycles. The predicted molar refractivity (Wildman–Crippen MR) is 177 cm³/mol. The van der Waals surface area contributed by atoms with E-state index in [-0.39, 0.29) is 30.3 Å². The molecule has 46 heavy (non-hydrogen) atoms. The second-order valence-corrected chi connectivity index (χ2v) is 12.4. The van der Waals surface area contributed by atoms with Crippen molar-refractivity contribution in [3.8, 4) is 5.75 Å². The molecular weight excluding hydrogens is 586 g/mol. The van der Waals surface area contributed by atoms with Crippen molar-refractivity contribution in [1.82, 2.24) is 4.90 Å². The van der Waals surface area contributed by atoms with Gasteiger partial charge in [-0.25, -0.2) is 0 Å². The standard InChI is InChI=1S/C37H53NO8/c1-3-4-9-17-34(42)38(23-13-7-5-6-12-16-32(41)29-14-10-8-11-15-29)24-22-30(40)25-28-18-20-31(21-19-28)45-37-27(2)35(43)36(44)33(26-39)46-37/h8,10-11,14-15,18-21,27,33,35-37,39,43-44H,3-7,9,12-13,16-17,22-26H2,1-2H3. The first-order chi connectivity index (χ1) is 22.2. The highest BCUT2D eigenvalue weighted by Gasteiger charge is 2.43. The molecule has 3 N–H and O–H groups in total. The Morgan fingerprint density at radius 3 is 2.17 bits per heavy atom. The highest BCUT2D eigenvalue weighted by atomic mass is 16.7. The van der Waals surface area contributed by atoms with Crippen LogP contribution in [-0.2, 0) is 20.7 Å². The Morgan fingerprint density at radius 1 is 0.804 bits per heavy atom. The van der Waals surface area contributed by atoms with Gasteiger partial charge in [0, 0.05) is 50.3 Å².